The lowest BCUT2D eigenvalue weighted by Crippen LogP contribution is -2.86. The molecule has 9 fully saturated rings. The number of hydrogen-bond donors (Lipinski definition) is 1. The van der Waals surface area contributed by atoms with Crippen LogP contribution >= 0.6 is 0 Å². The summed E-state index contributed by atoms with van der Waals surface area (Å²) in [5.41, 5.74) is 3.78. The van der Waals surface area contributed by atoms with Gasteiger partial charge in [-0.25, -0.2) is 0 Å². The van der Waals surface area contributed by atoms with Crippen molar-refractivity contribution in [2.75, 3.05) is 0 Å². The summed E-state index contributed by atoms with van der Waals surface area (Å²) in [6.45, 7) is 26.9. The number of fused-ring (bicyclic) bond motifs is 6. The molecule has 2 heteroatoms. The summed E-state index contributed by atoms with van der Waals surface area (Å²) in [7, 11) is 0. The number of rotatable bonds is 16. The second kappa shape index (κ2) is 14.1. The molecule has 0 spiro atoms. The average Bonchev–Trinajstić information content (AvgIpc) is 3.03. The van der Waals surface area contributed by atoms with Gasteiger partial charge in [-0.05, 0) is 132 Å². The molecule has 0 heterocycles. The van der Waals surface area contributed by atoms with Gasteiger partial charge in [-0.1, -0.05) is 146 Å². The van der Waals surface area contributed by atoms with Crippen molar-refractivity contribution < 1.29 is 9.90 Å². The van der Waals surface area contributed by atoms with Crippen LogP contribution in [0.3, 0.4) is 0 Å². The quantitative estimate of drug-likeness (QED) is 0.166. The van der Waals surface area contributed by atoms with Gasteiger partial charge in [-0.15, -0.1) is 0 Å². The standard InChI is InChI=1S/C30H50.C16H32O2/c1-19-10-12-21-16-28(19,24(21,3)4)27(9)15-14-23-18-30(27,26(23,7)8)29-17-22(25(29,5)6)13-11-20(29)2;1-2-3-4-5-6-7-8-9-10-11-12-13-14-15-16(17)18/h19-23H,10-18H2,1-9H3;2-15H2,1H3,(H,17,18). The molecule has 0 saturated heterocycles. The van der Waals surface area contributed by atoms with Gasteiger partial charge in [0.25, 0.3) is 0 Å². The lowest BCUT2D eigenvalue weighted by atomic mass is 9.12. The van der Waals surface area contributed by atoms with Crippen LogP contribution in [-0.4, -0.2) is 11.1 Å². The monoisotopic (exact) mass is 667 g/mol. The molecule has 0 amide bonds. The van der Waals surface area contributed by atoms with Gasteiger partial charge in [0.1, 0.15) is 0 Å². The Balaban J connectivity index is 0.000000218. The third-order valence-corrected chi connectivity index (χ3v) is 18.9. The fraction of sp³-hybridized carbons (Fsp3) is 0.978. The first-order chi connectivity index (χ1) is 22.5. The Labute approximate surface area is 299 Å². The van der Waals surface area contributed by atoms with Crippen LogP contribution < -0.4 is 0 Å². The van der Waals surface area contributed by atoms with Crippen molar-refractivity contribution in [3.05, 3.63) is 0 Å². The highest BCUT2D eigenvalue weighted by Crippen LogP contribution is 2.95. The van der Waals surface area contributed by atoms with Crippen LogP contribution in [-0.2, 0) is 4.79 Å². The van der Waals surface area contributed by atoms with Crippen molar-refractivity contribution in [1.29, 1.82) is 0 Å². The number of carboxylic acid groups (broad SMARTS) is 1. The van der Waals surface area contributed by atoms with Crippen molar-refractivity contribution in [1.82, 2.24) is 0 Å². The fourth-order valence-electron chi connectivity index (χ4n) is 16.2. The molecule has 9 rings (SSSR count). The zero-order valence-corrected chi connectivity index (χ0v) is 34.0. The molecular weight excluding hydrogens is 585 g/mol. The summed E-state index contributed by atoms with van der Waals surface area (Å²) in [4.78, 5) is 10.3. The van der Waals surface area contributed by atoms with Crippen LogP contribution in [0.1, 0.15) is 217 Å². The third-order valence-electron chi connectivity index (χ3n) is 18.9. The Kier molecular flexibility index (Phi) is 11.4. The van der Waals surface area contributed by atoms with Crippen LogP contribution in [0.2, 0.25) is 0 Å². The Morgan fingerprint density at radius 2 is 0.958 bits per heavy atom. The van der Waals surface area contributed by atoms with E-state index >= 15 is 0 Å². The third kappa shape index (κ3) is 5.36. The van der Waals surface area contributed by atoms with E-state index in [9.17, 15) is 4.79 Å². The van der Waals surface area contributed by atoms with Crippen molar-refractivity contribution in [3.63, 3.8) is 0 Å². The van der Waals surface area contributed by atoms with Gasteiger partial charge >= 0.3 is 5.97 Å². The number of carboxylic acids is 1. The maximum atomic E-state index is 10.3. The molecule has 9 saturated carbocycles. The molecule has 9 aliphatic rings. The Morgan fingerprint density at radius 1 is 0.542 bits per heavy atom. The van der Waals surface area contributed by atoms with Gasteiger partial charge in [0, 0.05) is 6.42 Å². The summed E-state index contributed by atoms with van der Waals surface area (Å²) >= 11 is 0. The minimum absolute atomic E-state index is 0.345. The van der Waals surface area contributed by atoms with Crippen LogP contribution in [0.4, 0.5) is 0 Å². The highest BCUT2D eigenvalue weighted by molar-refractivity contribution is 5.66. The predicted octanol–water partition coefficient (Wildman–Crippen LogP) is 14.3. The normalized spacial score (nSPS) is 42.3. The van der Waals surface area contributed by atoms with Crippen molar-refractivity contribution >= 4 is 5.97 Å². The van der Waals surface area contributed by atoms with E-state index in [4.69, 9.17) is 5.11 Å². The van der Waals surface area contributed by atoms with Crippen LogP contribution in [0.5, 0.6) is 0 Å². The van der Waals surface area contributed by atoms with Gasteiger partial charge in [0.15, 0.2) is 0 Å². The Morgan fingerprint density at radius 3 is 1.35 bits per heavy atom. The average molecular weight is 667 g/mol. The van der Waals surface area contributed by atoms with Gasteiger partial charge < -0.3 is 5.11 Å². The summed E-state index contributed by atoms with van der Waals surface area (Å²) in [5, 5.41) is 8.49. The summed E-state index contributed by atoms with van der Waals surface area (Å²) < 4.78 is 0. The Bertz CT molecular complexity index is 1100. The fourth-order valence-corrected chi connectivity index (χ4v) is 16.2. The number of unbranched alkanes of at least 4 members (excludes halogenated alkanes) is 12. The van der Waals surface area contributed by atoms with Crippen molar-refractivity contribution in [2.45, 2.75) is 217 Å². The molecule has 0 aromatic carbocycles. The van der Waals surface area contributed by atoms with E-state index in [-0.39, 0.29) is 0 Å². The van der Waals surface area contributed by atoms with Crippen LogP contribution in [0.25, 0.3) is 0 Å². The summed E-state index contributed by atoms with van der Waals surface area (Å²) in [6.07, 6.45) is 31.0. The minimum Gasteiger partial charge on any atom is -0.481 e. The SMILES string of the molecule is CC1CCC2CC1(C1(C)CCC3CC1(C14CC(CCC1C)C4(C)C)C3(C)C)C2(C)C.CCCCCCCCCCCCCCCC(=O)O. The second-order valence-corrected chi connectivity index (χ2v) is 20.9. The highest BCUT2D eigenvalue weighted by atomic mass is 16.4. The molecule has 1 N–H and O–H groups in total. The maximum Gasteiger partial charge on any atom is 0.303 e. The zero-order valence-electron chi connectivity index (χ0n) is 34.0. The molecule has 0 aromatic heterocycles. The van der Waals surface area contributed by atoms with Gasteiger partial charge in [-0.2, -0.15) is 0 Å². The van der Waals surface area contributed by atoms with E-state index in [1.165, 1.54) is 109 Å². The molecule has 48 heavy (non-hydrogen) atoms. The summed E-state index contributed by atoms with van der Waals surface area (Å²) in [5.74, 6) is 4.13. The molecule has 0 aromatic rings. The molecular formula is C46H82O2. The largest absolute Gasteiger partial charge is 0.481 e. The van der Waals surface area contributed by atoms with Crippen molar-refractivity contribution in [2.24, 2.45) is 67.5 Å². The first-order valence-electron chi connectivity index (χ1n) is 21.8. The molecule has 9 atom stereocenters. The molecule has 0 aliphatic heterocycles. The molecule has 6 bridgehead atoms. The minimum atomic E-state index is -0.655. The van der Waals surface area contributed by atoms with E-state index in [2.05, 4.69) is 69.2 Å². The van der Waals surface area contributed by atoms with Crippen molar-refractivity contribution in [3.8, 4) is 0 Å². The van der Waals surface area contributed by atoms with Crippen LogP contribution in [0.15, 0.2) is 0 Å². The first kappa shape index (κ1) is 38.7. The smallest absolute Gasteiger partial charge is 0.303 e. The predicted molar refractivity (Wildman–Crippen MR) is 205 cm³/mol. The van der Waals surface area contributed by atoms with Crippen LogP contribution in [0, 0.1) is 67.5 Å². The molecule has 9 aliphatic carbocycles. The maximum absolute atomic E-state index is 10.3. The lowest BCUT2D eigenvalue weighted by molar-refractivity contribution is -0.441. The molecule has 9 unspecified atom stereocenters. The van der Waals surface area contributed by atoms with Gasteiger partial charge in [-0.3, -0.25) is 4.79 Å². The van der Waals surface area contributed by atoms with E-state index in [1.807, 2.05) is 0 Å². The second-order valence-electron chi connectivity index (χ2n) is 20.9. The number of aliphatic carboxylic acids is 1. The zero-order chi connectivity index (χ0) is 35.2. The van der Waals surface area contributed by atoms with E-state index < -0.39 is 5.97 Å². The van der Waals surface area contributed by atoms with E-state index in [0.717, 1.165) is 42.4 Å². The molecule has 0 radical (unpaired) electrons. The lowest BCUT2D eigenvalue weighted by Gasteiger charge is -2.92. The van der Waals surface area contributed by atoms with E-state index in [1.54, 1.807) is 19.3 Å². The Hall–Kier alpha value is -0.530. The first-order valence-corrected chi connectivity index (χ1v) is 21.8. The number of carbonyl (C=O) groups is 1. The highest BCUT2D eigenvalue weighted by Gasteiger charge is 2.88. The molecule has 2 nitrogen and oxygen atoms in total. The topological polar surface area (TPSA) is 37.3 Å². The van der Waals surface area contributed by atoms with E-state index in [0.29, 0.717) is 44.3 Å². The van der Waals surface area contributed by atoms with Gasteiger partial charge in [0.05, 0.1) is 0 Å². The van der Waals surface area contributed by atoms with Gasteiger partial charge in [0.2, 0.25) is 0 Å². The summed E-state index contributed by atoms with van der Waals surface area (Å²) in [6, 6.07) is 0. The molecule has 278 valence electrons. The number of hydrogen-bond acceptors (Lipinski definition) is 1.